The van der Waals surface area contributed by atoms with Gasteiger partial charge in [0, 0.05) is 17.8 Å². The van der Waals surface area contributed by atoms with Gasteiger partial charge in [-0.1, -0.05) is 23.4 Å². The summed E-state index contributed by atoms with van der Waals surface area (Å²) in [6, 6.07) is 7.33. The van der Waals surface area contributed by atoms with Gasteiger partial charge in [0.15, 0.2) is 0 Å². The number of hydrogen-bond acceptors (Lipinski definition) is 4. The molecule has 0 spiro atoms. The topological polar surface area (TPSA) is 83.6 Å². The minimum Gasteiger partial charge on any atom is -0.481 e. The Labute approximate surface area is 121 Å². The van der Waals surface area contributed by atoms with Crippen LogP contribution in [-0.4, -0.2) is 28.7 Å². The summed E-state index contributed by atoms with van der Waals surface area (Å²) in [5.41, 5.74) is 2.22. The second kappa shape index (κ2) is 5.05. The number of anilines is 1. The van der Waals surface area contributed by atoms with Gasteiger partial charge in [-0.2, -0.15) is 0 Å². The number of carboxylic acids is 1. The lowest BCUT2D eigenvalue weighted by Crippen LogP contribution is -2.42. The standard InChI is InChI=1S/C15H14N2O4/c1-9-7-16-21-13(9)14(18)17-8-11(15(19)20)6-10-4-2-3-5-12(10)17/h2-5,7,11H,6,8H2,1H3,(H,19,20). The smallest absolute Gasteiger partial charge is 0.308 e. The average molecular weight is 286 g/mol. The molecule has 2 aromatic rings. The highest BCUT2D eigenvalue weighted by Crippen LogP contribution is 2.31. The summed E-state index contributed by atoms with van der Waals surface area (Å²) in [5, 5.41) is 12.9. The maximum atomic E-state index is 12.6. The fourth-order valence-electron chi connectivity index (χ4n) is 2.57. The van der Waals surface area contributed by atoms with Crippen LogP contribution in [-0.2, 0) is 11.2 Å². The van der Waals surface area contributed by atoms with Crippen LogP contribution in [0.25, 0.3) is 0 Å². The van der Waals surface area contributed by atoms with E-state index in [1.807, 2.05) is 24.3 Å². The maximum Gasteiger partial charge on any atom is 0.308 e. The number of para-hydroxylation sites is 1. The lowest BCUT2D eigenvalue weighted by molar-refractivity contribution is -0.141. The van der Waals surface area contributed by atoms with E-state index in [-0.39, 0.29) is 18.2 Å². The molecular formula is C15H14N2O4. The average Bonchev–Trinajstić information content (AvgIpc) is 2.91. The Kier molecular flexibility index (Phi) is 3.21. The SMILES string of the molecule is Cc1cnoc1C(=O)N1CC(C(=O)O)Cc2ccccc21. The first kappa shape index (κ1) is 13.4. The van der Waals surface area contributed by atoms with Crippen molar-refractivity contribution in [3.05, 3.63) is 47.3 Å². The third kappa shape index (κ3) is 2.29. The van der Waals surface area contributed by atoms with Gasteiger partial charge in [0.1, 0.15) is 0 Å². The first-order valence-electron chi connectivity index (χ1n) is 6.61. The number of amides is 1. The Morgan fingerprint density at radius 1 is 1.38 bits per heavy atom. The fraction of sp³-hybridized carbons (Fsp3) is 0.267. The van der Waals surface area contributed by atoms with Crippen LogP contribution in [0.15, 0.2) is 35.0 Å². The molecule has 1 atom stereocenters. The van der Waals surface area contributed by atoms with Gasteiger partial charge in [0.05, 0.1) is 12.1 Å². The highest BCUT2D eigenvalue weighted by Gasteiger charge is 2.34. The van der Waals surface area contributed by atoms with Crippen molar-refractivity contribution in [3.8, 4) is 0 Å². The van der Waals surface area contributed by atoms with Crippen molar-refractivity contribution in [2.75, 3.05) is 11.4 Å². The Bertz CT molecular complexity index is 707. The summed E-state index contributed by atoms with van der Waals surface area (Å²) < 4.78 is 5.00. The molecule has 3 rings (SSSR count). The van der Waals surface area contributed by atoms with Crippen molar-refractivity contribution in [1.82, 2.24) is 5.16 Å². The van der Waals surface area contributed by atoms with E-state index in [4.69, 9.17) is 4.52 Å². The molecule has 0 radical (unpaired) electrons. The van der Waals surface area contributed by atoms with E-state index in [0.717, 1.165) is 11.3 Å². The lowest BCUT2D eigenvalue weighted by Gasteiger charge is -2.32. The molecule has 2 heterocycles. The Morgan fingerprint density at radius 3 is 2.81 bits per heavy atom. The number of nitrogens with zero attached hydrogens (tertiary/aromatic N) is 2. The lowest BCUT2D eigenvalue weighted by atomic mass is 9.92. The van der Waals surface area contributed by atoms with Crippen LogP contribution in [0.2, 0.25) is 0 Å². The monoisotopic (exact) mass is 286 g/mol. The number of fused-ring (bicyclic) bond motifs is 1. The molecule has 108 valence electrons. The van der Waals surface area contributed by atoms with Crippen LogP contribution in [0.3, 0.4) is 0 Å². The molecule has 0 bridgehead atoms. The molecule has 0 saturated heterocycles. The van der Waals surface area contributed by atoms with E-state index in [1.54, 1.807) is 6.92 Å². The van der Waals surface area contributed by atoms with E-state index in [0.29, 0.717) is 12.0 Å². The van der Waals surface area contributed by atoms with Crippen molar-refractivity contribution >= 4 is 17.6 Å². The van der Waals surface area contributed by atoms with Crippen molar-refractivity contribution in [2.24, 2.45) is 5.92 Å². The van der Waals surface area contributed by atoms with Crippen LogP contribution >= 0.6 is 0 Å². The van der Waals surface area contributed by atoms with Gasteiger partial charge in [-0.05, 0) is 25.0 Å². The van der Waals surface area contributed by atoms with Crippen molar-refractivity contribution in [2.45, 2.75) is 13.3 Å². The van der Waals surface area contributed by atoms with Crippen molar-refractivity contribution in [1.29, 1.82) is 0 Å². The third-order valence-electron chi connectivity index (χ3n) is 3.69. The molecule has 1 N–H and O–H groups in total. The fourth-order valence-corrected chi connectivity index (χ4v) is 2.57. The van der Waals surface area contributed by atoms with Crippen LogP contribution in [0.4, 0.5) is 5.69 Å². The third-order valence-corrected chi connectivity index (χ3v) is 3.69. The summed E-state index contributed by atoms with van der Waals surface area (Å²) in [6.07, 6.45) is 1.89. The number of rotatable bonds is 2. The summed E-state index contributed by atoms with van der Waals surface area (Å²) in [5.74, 6) is -1.73. The van der Waals surface area contributed by atoms with Gasteiger partial charge >= 0.3 is 5.97 Å². The Morgan fingerprint density at radius 2 is 2.14 bits per heavy atom. The van der Waals surface area contributed by atoms with Crippen LogP contribution < -0.4 is 4.90 Å². The highest BCUT2D eigenvalue weighted by atomic mass is 16.5. The highest BCUT2D eigenvalue weighted by molar-refractivity contribution is 6.06. The molecule has 1 amide bonds. The largest absolute Gasteiger partial charge is 0.481 e. The number of hydrogen-bond donors (Lipinski definition) is 1. The van der Waals surface area contributed by atoms with E-state index in [1.165, 1.54) is 11.1 Å². The predicted molar refractivity (Wildman–Crippen MR) is 74.2 cm³/mol. The van der Waals surface area contributed by atoms with Crippen molar-refractivity contribution in [3.63, 3.8) is 0 Å². The number of carbonyl (C=O) groups is 2. The molecule has 1 aromatic heterocycles. The zero-order valence-corrected chi connectivity index (χ0v) is 11.4. The quantitative estimate of drug-likeness (QED) is 0.911. The zero-order valence-electron chi connectivity index (χ0n) is 11.4. The van der Waals surface area contributed by atoms with E-state index < -0.39 is 11.9 Å². The number of carboxylic acid groups (broad SMARTS) is 1. The van der Waals surface area contributed by atoms with Crippen LogP contribution in [0.5, 0.6) is 0 Å². The normalized spacial score (nSPS) is 17.4. The van der Waals surface area contributed by atoms with E-state index in [2.05, 4.69) is 5.16 Å². The number of aryl methyl sites for hydroxylation is 1. The molecule has 0 fully saturated rings. The molecule has 21 heavy (non-hydrogen) atoms. The molecule has 1 unspecified atom stereocenters. The summed E-state index contributed by atoms with van der Waals surface area (Å²) >= 11 is 0. The molecule has 1 aliphatic heterocycles. The van der Waals surface area contributed by atoms with Crippen LogP contribution in [0.1, 0.15) is 21.7 Å². The number of carbonyl (C=O) groups excluding carboxylic acids is 1. The van der Waals surface area contributed by atoms with Gasteiger partial charge < -0.3 is 14.5 Å². The first-order chi connectivity index (χ1) is 10.1. The molecule has 0 aliphatic carbocycles. The molecule has 1 aliphatic rings. The van der Waals surface area contributed by atoms with E-state index in [9.17, 15) is 14.7 Å². The van der Waals surface area contributed by atoms with Gasteiger partial charge in [0.2, 0.25) is 5.76 Å². The first-order valence-corrected chi connectivity index (χ1v) is 6.61. The molecule has 6 heteroatoms. The Hall–Kier alpha value is -2.63. The zero-order chi connectivity index (χ0) is 15.0. The summed E-state index contributed by atoms with van der Waals surface area (Å²) in [7, 11) is 0. The van der Waals surface area contributed by atoms with Crippen LogP contribution in [0, 0.1) is 12.8 Å². The van der Waals surface area contributed by atoms with Crippen molar-refractivity contribution < 1.29 is 19.2 Å². The summed E-state index contributed by atoms with van der Waals surface area (Å²) in [6.45, 7) is 1.86. The molecule has 6 nitrogen and oxygen atoms in total. The van der Waals surface area contributed by atoms with Gasteiger partial charge in [-0.3, -0.25) is 9.59 Å². The molecule has 1 aromatic carbocycles. The number of aliphatic carboxylic acids is 1. The second-order valence-corrected chi connectivity index (χ2v) is 5.12. The number of benzene rings is 1. The van der Waals surface area contributed by atoms with Gasteiger partial charge in [-0.25, -0.2) is 0 Å². The maximum absolute atomic E-state index is 12.6. The second-order valence-electron chi connectivity index (χ2n) is 5.12. The van der Waals surface area contributed by atoms with Gasteiger partial charge in [-0.15, -0.1) is 0 Å². The Balaban J connectivity index is 2.02. The predicted octanol–water partition coefficient (Wildman–Crippen LogP) is 1.89. The minimum absolute atomic E-state index is 0.130. The minimum atomic E-state index is -0.906. The van der Waals surface area contributed by atoms with E-state index >= 15 is 0 Å². The summed E-state index contributed by atoms with van der Waals surface area (Å²) in [4.78, 5) is 25.4. The molecule has 0 saturated carbocycles. The molecular weight excluding hydrogens is 272 g/mol. The number of aromatic nitrogens is 1. The van der Waals surface area contributed by atoms with Gasteiger partial charge in [0.25, 0.3) is 5.91 Å².